The molecule has 0 spiro atoms. The molecular formula is C28H25FN4OS. The highest BCUT2D eigenvalue weighted by molar-refractivity contribution is 7.80. The van der Waals surface area contributed by atoms with Crippen LogP contribution in [0.2, 0.25) is 0 Å². The van der Waals surface area contributed by atoms with Crippen LogP contribution in [0.25, 0.3) is 11.3 Å². The van der Waals surface area contributed by atoms with E-state index in [0.717, 1.165) is 34.5 Å². The van der Waals surface area contributed by atoms with Gasteiger partial charge in [-0.2, -0.15) is 0 Å². The van der Waals surface area contributed by atoms with Crippen molar-refractivity contribution in [2.45, 2.75) is 33.4 Å². The van der Waals surface area contributed by atoms with Gasteiger partial charge in [0.15, 0.2) is 0 Å². The summed E-state index contributed by atoms with van der Waals surface area (Å²) in [6.07, 6.45) is 4.05. The van der Waals surface area contributed by atoms with Crippen molar-refractivity contribution in [3.63, 3.8) is 0 Å². The fraction of sp³-hybridized carbons (Fsp3) is 0.179. The smallest absolute Gasteiger partial charge is 0.222 e. The Morgan fingerprint density at radius 1 is 0.971 bits per heavy atom. The number of benzene rings is 2. The van der Waals surface area contributed by atoms with Crippen molar-refractivity contribution < 1.29 is 9.13 Å². The van der Waals surface area contributed by atoms with Crippen molar-refractivity contribution in [1.29, 1.82) is 0 Å². The maximum Gasteiger partial charge on any atom is 0.222 e. The monoisotopic (exact) mass is 484 g/mol. The second-order valence-corrected chi connectivity index (χ2v) is 8.94. The van der Waals surface area contributed by atoms with Crippen LogP contribution in [0, 0.1) is 19.7 Å². The van der Waals surface area contributed by atoms with E-state index in [1.54, 1.807) is 18.5 Å². The molecule has 1 aliphatic heterocycles. The summed E-state index contributed by atoms with van der Waals surface area (Å²) in [5.41, 5.74) is 5.38. The number of rotatable bonds is 5. The minimum absolute atomic E-state index is 0.115. The number of fused-ring (bicyclic) bond motifs is 1. The number of aryl methyl sites for hydroxylation is 2. The molecule has 0 saturated heterocycles. The molecular weight excluding hydrogens is 459 g/mol. The molecule has 0 aliphatic carbocycles. The van der Waals surface area contributed by atoms with Crippen LogP contribution >= 0.6 is 12.2 Å². The first-order valence-corrected chi connectivity index (χ1v) is 11.9. The molecule has 0 fully saturated rings. The molecule has 5 rings (SSSR count). The average molecular weight is 485 g/mol. The number of nitrogens with zero attached hydrogens (tertiary/aromatic N) is 3. The number of hydrogen-bond acceptors (Lipinski definition) is 5. The molecule has 5 nitrogen and oxygen atoms in total. The van der Waals surface area contributed by atoms with Gasteiger partial charge >= 0.3 is 0 Å². The summed E-state index contributed by atoms with van der Waals surface area (Å²) in [5, 5.41) is 3.44. The van der Waals surface area contributed by atoms with E-state index in [2.05, 4.69) is 27.1 Å². The van der Waals surface area contributed by atoms with E-state index in [1.165, 1.54) is 6.07 Å². The van der Waals surface area contributed by atoms with Gasteiger partial charge in [-0.05, 0) is 74.4 Å². The van der Waals surface area contributed by atoms with Crippen LogP contribution in [-0.2, 0) is 0 Å². The van der Waals surface area contributed by atoms with Crippen molar-refractivity contribution in [3.8, 4) is 22.9 Å². The molecule has 0 bridgehead atoms. The summed E-state index contributed by atoms with van der Waals surface area (Å²) in [6.45, 7) is 5.91. The topological polar surface area (TPSA) is 50.3 Å². The van der Waals surface area contributed by atoms with E-state index in [4.69, 9.17) is 17.0 Å². The van der Waals surface area contributed by atoms with E-state index in [9.17, 15) is 4.39 Å². The normalized spacial score (nSPS) is 14.9. The Bertz CT molecular complexity index is 1420. The maximum absolute atomic E-state index is 15.0. The number of nitrogens with one attached hydrogen (secondary N) is 1. The lowest BCUT2D eigenvalue weighted by atomic mass is 10.0. The Hall–Kier alpha value is -3.84. The lowest BCUT2D eigenvalue weighted by molar-refractivity contribution is 0.458. The van der Waals surface area contributed by atoms with Crippen molar-refractivity contribution in [3.05, 3.63) is 95.6 Å². The van der Waals surface area contributed by atoms with Gasteiger partial charge in [0.2, 0.25) is 5.88 Å². The lowest BCUT2D eigenvalue weighted by Crippen LogP contribution is -2.50. The zero-order valence-corrected chi connectivity index (χ0v) is 20.6. The number of halogens is 1. The van der Waals surface area contributed by atoms with Crippen molar-refractivity contribution in [2.75, 3.05) is 4.90 Å². The Morgan fingerprint density at radius 3 is 2.54 bits per heavy atom. The molecule has 1 atom stereocenters. The molecule has 7 heteroatoms. The number of pyridine rings is 2. The van der Waals surface area contributed by atoms with Crippen molar-refractivity contribution in [2.24, 2.45) is 0 Å². The van der Waals surface area contributed by atoms with Crippen LogP contribution in [0.3, 0.4) is 0 Å². The Morgan fingerprint density at radius 2 is 1.77 bits per heavy atom. The third-order valence-corrected chi connectivity index (χ3v) is 6.41. The Kier molecular flexibility index (Phi) is 6.17. The van der Waals surface area contributed by atoms with Crippen LogP contribution < -0.4 is 15.0 Å². The molecule has 1 aliphatic rings. The average Bonchev–Trinajstić information content (AvgIpc) is 2.86. The summed E-state index contributed by atoms with van der Waals surface area (Å²) in [6, 6.07) is 18.7. The Labute approximate surface area is 209 Å². The van der Waals surface area contributed by atoms with Crippen LogP contribution in [0.1, 0.15) is 30.0 Å². The second-order valence-electron chi connectivity index (χ2n) is 8.53. The van der Waals surface area contributed by atoms with E-state index in [0.29, 0.717) is 27.9 Å². The highest BCUT2D eigenvalue weighted by Gasteiger charge is 2.31. The molecule has 3 heterocycles. The SMILES string of the molecule is CCC1NC(=S)c2cc(Oc3ncccc3C)ccc2N1c1cccnc1-c1ccc(C)cc1F. The predicted molar refractivity (Wildman–Crippen MR) is 141 cm³/mol. The zero-order valence-electron chi connectivity index (χ0n) is 19.7. The third-order valence-electron chi connectivity index (χ3n) is 6.07. The lowest BCUT2D eigenvalue weighted by Gasteiger charge is -2.40. The van der Waals surface area contributed by atoms with Crippen molar-refractivity contribution in [1.82, 2.24) is 15.3 Å². The number of ether oxygens (including phenoxy) is 1. The fourth-order valence-corrected chi connectivity index (χ4v) is 4.61. The van der Waals surface area contributed by atoms with E-state index in [1.807, 2.05) is 62.4 Å². The highest BCUT2D eigenvalue weighted by Crippen LogP contribution is 2.41. The summed E-state index contributed by atoms with van der Waals surface area (Å²) >= 11 is 5.73. The first-order chi connectivity index (χ1) is 17.0. The minimum Gasteiger partial charge on any atom is -0.439 e. The summed E-state index contributed by atoms with van der Waals surface area (Å²) in [4.78, 5) is 11.7. The van der Waals surface area contributed by atoms with Crippen LogP contribution in [-0.4, -0.2) is 21.1 Å². The first kappa shape index (κ1) is 22.9. The van der Waals surface area contributed by atoms with Gasteiger partial charge in [-0.1, -0.05) is 31.3 Å². The van der Waals surface area contributed by atoms with Gasteiger partial charge in [-0.25, -0.2) is 9.37 Å². The molecule has 4 aromatic rings. The highest BCUT2D eigenvalue weighted by atomic mass is 32.1. The number of aromatic nitrogens is 2. The fourth-order valence-electron chi connectivity index (χ4n) is 4.31. The molecule has 1 N–H and O–H groups in total. The maximum atomic E-state index is 15.0. The van der Waals surface area contributed by atoms with Gasteiger partial charge in [0.05, 0.1) is 17.1 Å². The van der Waals surface area contributed by atoms with Crippen LogP contribution in [0.5, 0.6) is 11.6 Å². The van der Waals surface area contributed by atoms with Gasteiger partial charge in [-0.3, -0.25) is 4.98 Å². The number of anilines is 2. The standard InChI is InChI=1S/C28H25FN4OS/c1-4-25-32-28(35)21-16-19(34-27-18(3)7-5-14-31-27)10-12-23(21)33(25)24-8-6-13-30-26(24)20-11-9-17(2)15-22(20)29/h5-16,25H,4H2,1-3H3,(H,32,35). The van der Waals surface area contributed by atoms with Gasteiger partial charge in [0.25, 0.3) is 0 Å². The van der Waals surface area contributed by atoms with Crippen LogP contribution in [0.4, 0.5) is 15.8 Å². The number of hydrogen-bond donors (Lipinski definition) is 1. The molecule has 1 unspecified atom stereocenters. The first-order valence-electron chi connectivity index (χ1n) is 11.5. The van der Waals surface area contributed by atoms with Crippen LogP contribution in [0.15, 0.2) is 73.1 Å². The predicted octanol–water partition coefficient (Wildman–Crippen LogP) is 6.84. The van der Waals surface area contributed by atoms with Gasteiger partial charge in [-0.15, -0.1) is 0 Å². The summed E-state index contributed by atoms with van der Waals surface area (Å²) in [7, 11) is 0. The van der Waals surface area contributed by atoms with E-state index in [-0.39, 0.29) is 12.0 Å². The van der Waals surface area contributed by atoms with Gasteiger partial charge < -0.3 is 15.0 Å². The molecule has 2 aromatic carbocycles. The molecule has 0 radical (unpaired) electrons. The summed E-state index contributed by atoms with van der Waals surface area (Å²) < 4.78 is 21.1. The second kappa shape index (κ2) is 9.43. The Balaban J connectivity index is 1.62. The molecule has 176 valence electrons. The quantitative estimate of drug-likeness (QED) is 0.313. The van der Waals surface area contributed by atoms with Crippen molar-refractivity contribution >= 4 is 28.6 Å². The minimum atomic E-state index is -0.298. The molecule has 35 heavy (non-hydrogen) atoms. The van der Waals surface area contributed by atoms with Gasteiger partial charge in [0.1, 0.15) is 22.7 Å². The van der Waals surface area contributed by atoms with Gasteiger partial charge in [0, 0.05) is 29.1 Å². The summed E-state index contributed by atoms with van der Waals surface area (Å²) in [5.74, 6) is 0.892. The molecule has 0 saturated carbocycles. The zero-order chi connectivity index (χ0) is 24.5. The molecule has 0 amide bonds. The van der Waals surface area contributed by atoms with E-state index >= 15 is 0 Å². The molecule has 2 aromatic heterocycles. The largest absolute Gasteiger partial charge is 0.439 e. The number of thiocarbonyl (C=S) groups is 1. The van der Waals surface area contributed by atoms with E-state index < -0.39 is 0 Å². The third kappa shape index (κ3) is 4.35.